The zero-order valence-corrected chi connectivity index (χ0v) is 18.4. The van der Waals surface area contributed by atoms with Gasteiger partial charge in [0.25, 0.3) is 0 Å². The van der Waals surface area contributed by atoms with E-state index in [1.165, 1.54) is 32.5 Å². The third-order valence-corrected chi connectivity index (χ3v) is 4.94. The number of ether oxygens (including phenoxy) is 1. The predicted molar refractivity (Wildman–Crippen MR) is 117 cm³/mol. The molecular weight excluding hydrogens is 475 g/mol. The van der Waals surface area contributed by atoms with Gasteiger partial charge in [0.1, 0.15) is 5.82 Å². The molecule has 2 heterocycles. The highest BCUT2D eigenvalue weighted by molar-refractivity contribution is 5.99. The van der Waals surface area contributed by atoms with Crippen molar-refractivity contribution in [3.8, 4) is 11.1 Å². The van der Waals surface area contributed by atoms with Gasteiger partial charge >= 0.3 is 24.0 Å². The second kappa shape index (κ2) is 10.0. The third-order valence-electron chi connectivity index (χ3n) is 4.94. The van der Waals surface area contributed by atoms with Crippen LogP contribution in [0.5, 0.6) is 0 Å². The number of alkyl halides is 5. The summed E-state index contributed by atoms with van der Waals surface area (Å²) in [5.74, 6) is -8.72. The summed E-state index contributed by atoms with van der Waals surface area (Å²) in [6.07, 6.45) is -3.23. The number of amides is 1. The molecule has 0 fully saturated rings. The predicted octanol–water partition coefficient (Wildman–Crippen LogP) is 4.99. The fourth-order valence-corrected chi connectivity index (χ4v) is 3.06. The lowest BCUT2D eigenvalue weighted by Crippen LogP contribution is -2.47. The van der Waals surface area contributed by atoms with Crippen LogP contribution in [0, 0.1) is 6.92 Å². The van der Waals surface area contributed by atoms with Gasteiger partial charge in [-0.05, 0) is 36.2 Å². The van der Waals surface area contributed by atoms with Crippen molar-refractivity contribution in [1.82, 2.24) is 9.97 Å². The van der Waals surface area contributed by atoms with Crippen molar-refractivity contribution in [2.75, 3.05) is 17.7 Å². The molecule has 3 aromatic rings. The average molecular weight is 494 g/mol. The fraction of sp³-hybridized carbons (Fsp3) is 0.217. The fourth-order valence-electron chi connectivity index (χ4n) is 3.06. The average Bonchev–Trinajstić information content (AvgIpc) is 2.83. The van der Waals surface area contributed by atoms with Gasteiger partial charge in [0.15, 0.2) is 0 Å². The molecule has 0 aliphatic rings. The Morgan fingerprint density at radius 2 is 1.71 bits per heavy atom. The number of rotatable bonds is 7. The number of nitrogens with one attached hydrogen (secondary N) is 2. The van der Waals surface area contributed by atoms with E-state index in [0.29, 0.717) is 22.4 Å². The number of nitrogens with zero attached hydrogens (tertiary/aromatic N) is 2. The Hall–Kier alpha value is -4.09. The summed E-state index contributed by atoms with van der Waals surface area (Å²) in [6, 6.07) is 11.4. The molecule has 12 heteroatoms. The quantitative estimate of drug-likeness (QED) is 0.355. The number of carbonyl (C=O) groups is 2. The number of pyridine rings is 2. The number of aromatic nitrogens is 2. The SMILES string of the molecule is COC(=O)c1ccccc1-c1ccc(CNc2nccc(C)c2NC(=O)C(F)(F)C(F)(F)F)nc1. The van der Waals surface area contributed by atoms with Gasteiger partial charge in [-0.3, -0.25) is 9.78 Å². The summed E-state index contributed by atoms with van der Waals surface area (Å²) < 4.78 is 69.1. The number of carbonyl (C=O) groups excluding carboxylic acids is 2. The molecule has 0 spiro atoms. The van der Waals surface area contributed by atoms with Crippen LogP contribution in [-0.2, 0) is 16.1 Å². The molecule has 0 aliphatic carbocycles. The molecule has 0 radical (unpaired) electrons. The van der Waals surface area contributed by atoms with Crippen LogP contribution in [0.3, 0.4) is 0 Å². The van der Waals surface area contributed by atoms with E-state index in [1.54, 1.807) is 41.7 Å². The number of hydrogen-bond acceptors (Lipinski definition) is 6. The monoisotopic (exact) mass is 494 g/mol. The molecule has 0 bridgehead atoms. The van der Waals surface area contributed by atoms with Crippen molar-refractivity contribution in [3.63, 3.8) is 0 Å². The van der Waals surface area contributed by atoms with Gasteiger partial charge < -0.3 is 15.4 Å². The Kier molecular flexibility index (Phi) is 7.32. The minimum atomic E-state index is -6.04. The lowest BCUT2D eigenvalue weighted by Gasteiger charge is -2.20. The molecule has 0 saturated carbocycles. The number of aryl methyl sites for hydroxylation is 1. The molecule has 0 atom stereocenters. The Balaban J connectivity index is 1.78. The lowest BCUT2D eigenvalue weighted by molar-refractivity contribution is -0.267. The second-order valence-corrected chi connectivity index (χ2v) is 7.31. The largest absolute Gasteiger partial charge is 0.465 e. The van der Waals surface area contributed by atoms with Crippen LogP contribution in [0.15, 0.2) is 54.9 Å². The van der Waals surface area contributed by atoms with E-state index < -0.39 is 24.0 Å². The van der Waals surface area contributed by atoms with Crippen molar-refractivity contribution in [2.45, 2.75) is 25.6 Å². The van der Waals surface area contributed by atoms with Crippen molar-refractivity contribution in [3.05, 3.63) is 71.7 Å². The summed E-state index contributed by atoms with van der Waals surface area (Å²) >= 11 is 0. The Morgan fingerprint density at radius 3 is 2.34 bits per heavy atom. The van der Waals surface area contributed by atoms with E-state index in [0.717, 1.165) is 0 Å². The molecule has 0 unspecified atom stereocenters. The first-order valence-electron chi connectivity index (χ1n) is 10.0. The number of esters is 1. The molecular formula is C23H19F5N4O3. The first-order chi connectivity index (χ1) is 16.5. The molecule has 3 rings (SSSR count). The normalized spacial score (nSPS) is 11.6. The van der Waals surface area contributed by atoms with Crippen molar-refractivity contribution < 1.29 is 36.3 Å². The minimum Gasteiger partial charge on any atom is -0.465 e. The molecule has 2 aromatic heterocycles. The topological polar surface area (TPSA) is 93.2 Å². The van der Waals surface area contributed by atoms with Gasteiger partial charge in [0.2, 0.25) is 0 Å². The van der Waals surface area contributed by atoms with Crippen molar-refractivity contribution >= 4 is 23.4 Å². The van der Waals surface area contributed by atoms with Gasteiger partial charge in [-0.1, -0.05) is 24.3 Å². The lowest BCUT2D eigenvalue weighted by atomic mass is 10.0. The maximum atomic E-state index is 13.4. The molecule has 35 heavy (non-hydrogen) atoms. The van der Waals surface area contributed by atoms with Crippen LogP contribution >= 0.6 is 0 Å². The van der Waals surface area contributed by atoms with E-state index in [9.17, 15) is 31.5 Å². The van der Waals surface area contributed by atoms with E-state index in [2.05, 4.69) is 15.3 Å². The standard InChI is InChI=1S/C23H19F5N4O3/c1-13-9-10-29-19(18(13)32-21(34)22(24,25)23(26,27)28)31-12-15-8-7-14(11-30-15)16-5-3-4-6-17(16)20(33)35-2/h3-11H,12H2,1-2H3,(H,29,31)(H,32,34). The number of benzene rings is 1. The van der Waals surface area contributed by atoms with Crippen LogP contribution in [0.4, 0.5) is 33.5 Å². The van der Waals surface area contributed by atoms with E-state index >= 15 is 0 Å². The molecule has 184 valence electrons. The highest BCUT2D eigenvalue weighted by atomic mass is 19.4. The van der Waals surface area contributed by atoms with Crippen LogP contribution in [0.2, 0.25) is 0 Å². The third kappa shape index (κ3) is 5.53. The van der Waals surface area contributed by atoms with Gasteiger partial charge in [0.05, 0.1) is 30.6 Å². The number of methoxy groups -OCH3 is 1. The van der Waals surface area contributed by atoms with Crippen LogP contribution < -0.4 is 10.6 Å². The van der Waals surface area contributed by atoms with E-state index in [1.807, 2.05) is 0 Å². The Labute approximate surface area is 196 Å². The van der Waals surface area contributed by atoms with Gasteiger partial charge in [-0.25, -0.2) is 9.78 Å². The number of halogens is 5. The summed E-state index contributed by atoms with van der Waals surface area (Å²) in [6.45, 7) is 1.42. The molecule has 1 amide bonds. The molecule has 1 aromatic carbocycles. The first kappa shape index (κ1) is 25.5. The summed E-state index contributed by atoms with van der Waals surface area (Å²) in [5, 5.41) is 4.39. The maximum absolute atomic E-state index is 13.4. The van der Waals surface area contributed by atoms with Crippen LogP contribution in [0.25, 0.3) is 11.1 Å². The second-order valence-electron chi connectivity index (χ2n) is 7.31. The van der Waals surface area contributed by atoms with Crippen LogP contribution in [-0.4, -0.2) is 41.1 Å². The highest BCUT2D eigenvalue weighted by Gasteiger charge is 2.63. The molecule has 0 aliphatic heterocycles. The summed E-state index contributed by atoms with van der Waals surface area (Å²) in [5.41, 5.74) is 1.95. The van der Waals surface area contributed by atoms with Crippen molar-refractivity contribution in [2.24, 2.45) is 0 Å². The zero-order chi connectivity index (χ0) is 25.8. The van der Waals surface area contributed by atoms with E-state index in [-0.39, 0.29) is 23.6 Å². The van der Waals surface area contributed by atoms with Gasteiger partial charge in [0, 0.05) is 18.0 Å². The first-order valence-corrected chi connectivity index (χ1v) is 10.0. The highest BCUT2D eigenvalue weighted by Crippen LogP contribution is 2.37. The summed E-state index contributed by atoms with van der Waals surface area (Å²) in [7, 11) is 1.27. The zero-order valence-electron chi connectivity index (χ0n) is 18.4. The minimum absolute atomic E-state index is 0.00785. The number of hydrogen-bond donors (Lipinski definition) is 2. The van der Waals surface area contributed by atoms with Crippen LogP contribution in [0.1, 0.15) is 21.6 Å². The van der Waals surface area contributed by atoms with Gasteiger partial charge in [-0.15, -0.1) is 0 Å². The van der Waals surface area contributed by atoms with Crippen molar-refractivity contribution in [1.29, 1.82) is 0 Å². The maximum Gasteiger partial charge on any atom is 0.463 e. The Bertz CT molecular complexity index is 1230. The molecule has 7 nitrogen and oxygen atoms in total. The number of anilines is 2. The summed E-state index contributed by atoms with van der Waals surface area (Å²) in [4.78, 5) is 31.8. The van der Waals surface area contributed by atoms with E-state index in [4.69, 9.17) is 4.74 Å². The molecule has 0 saturated heterocycles. The molecule has 2 N–H and O–H groups in total. The van der Waals surface area contributed by atoms with Gasteiger partial charge in [-0.2, -0.15) is 22.0 Å². The Morgan fingerprint density at radius 1 is 1.00 bits per heavy atom. The smallest absolute Gasteiger partial charge is 0.463 e.